The van der Waals surface area contributed by atoms with Crippen LogP contribution in [0.2, 0.25) is 0 Å². The fourth-order valence-corrected chi connectivity index (χ4v) is 2.28. The first-order valence-electron chi connectivity index (χ1n) is 6.31. The third-order valence-corrected chi connectivity index (χ3v) is 3.66. The first-order chi connectivity index (χ1) is 8.12. The first kappa shape index (κ1) is 14.7. The lowest BCUT2D eigenvalue weighted by Crippen LogP contribution is -2.36. The highest BCUT2D eigenvalue weighted by molar-refractivity contribution is 9.10. The van der Waals surface area contributed by atoms with Crippen molar-refractivity contribution in [2.24, 2.45) is 11.7 Å². The molecule has 1 heterocycles. The van der Waals surface area contributed by atoms with E-state index < -0.39 is 0 Å². The van der Waals surface area contributed by atoms with E-state index in [1.54, 1.807) is 0 Å². The number of hydrogen-bond donors (Lipinski definition) is 1. The molecule has 0 spiro atoms. The summed E-state index contributed by atoms with van der Waals surface area (Å²) in [5.74, 6) is 1.63. The Labute approximate surface area is 112 Å². The van der Waals surface area contributed by atoms with E-state index in [0.717, 1.165) is 23.5 Å². The van der Waals surface area contributed by atoms with Crippen molar-refractivity contribution in [1.82, 2.24) is 4.90 Å². The monoisotopic (exact) mass is 302 g/mol. The highest BCUT2D eigenvalue weighted by Crippen LogP contribution is 2.25. The average Bonchev–Trinajstić information content (AvgIpc) is 2.75. The van der Waals surface area contributed by atoms with E-state index in [1.807, 2.05) is 12.1 Å². The molecule has 1 aromatic heterocycles. The van der Waals surface area contributed by atoms with Crippen LogP contribution in [0, 0.1) is 5.92 Å². The zero-order valence-electron chi connectivity index (χ0n) is 10.9. The molecule has 98 valence electrons. The summed E-state index contributed by atoms with van der Waals surface area (Å²) in [6.45, 7) is 9.30. The molecule has 0 radical (unpaired) electrons. The fourth-order valence-electron chi connectivity index (χ4n) is 1.96. The molecule has 0 saturated carbocycles. The van der Waals surface area contributed by atoms with Gasteiger partial charge in [-0.05, 0) is 40.5 Å². The van der Waals surface area contributed by atoms with Gasteiger partial charge in [-0.15, -0.1) is 0 Å². The Kier molecular flexibility index (Phi) is 6.23. The minimum atomic E-state index is 0.181. The van der Waals surface area contributed by atoms with E-state index in [4.69, 9.17) is 10.2 Å². The topological polar surface area (TPSA) is 42.4 Å². The van der Waals surface area contributed by atoms with E-state index in [1.165, 1.54) is 6.42 Å². The average molecular weight is 303 g/mol. The van der Waals surface area contributed by atoms with Crippen LogP contribution in [0.5, 0.6) is 0 Å². The van der Waals surface area contributed by atoms with Crippen LogP contribution in [0.1, 0.15) is 39.0 Å². The van der Waals surface area contributed by atoms with E-state index in [0.29, 0.717) is 12.5 Å². The van der Waals surface area contributed by atoms with Gasteiger partial charge in [0.1, 0.15) is 5.76 Å². The Morgan fingerprint density at radius 2 is 2.12 bits per heavy atom. The van der Waals surface area contributed by atoms with Gasteiger partial charge in [-0.3, -0.25) is 4.90 Å². The van der Waals surface area contributed by atoms with Crippen LogP contribution in [0.25, 0.3) is 0 Å². The summed E-state index contributed by atoms with van der Waals surface area (Å²) < 4.78 is 6.40. The third-order valence-electron chi connectivity index (χ3n) is 3.24. The van der Waals surface area contributed by atoms with Gasteiger partial charge in [0.2, 0.25) is 0 Å². The van der Waals surface area contributed by atoms with Crippen molar-refractivity contribution in [3.63, 3.8) is 0 Å². The standard InChI is InChI=1S/C13H23BrN2O/c1-4-10(3)9-16(5-2)11(8-15)12-6-7-13(14)17-12/h6-7,10-11H,4-5,8-9,15H2,1-3H3. The van der Waals surface area contributed by atoms with Gasteiger partial charge < -0.3 is 10.2 Å². The maximum absolute atomic E-state index is 5.89. The first-order valence-corrected chi connectivity index (χ1v) is 7.10. The number of likely N-dealkylation sites (N-methyl/N-ethyl adjacent to an activating group) is 1. The van der Waals surface area contributed by atoms with Crippen LogP contribution < -0.4 is 5.73 Å². The van der Waals surface area contributed by atoms with Crippen molar-refractivity contribution in [1.29, 1.82) is 0 Å². The number of hydrogen-bond acceptors (Lipinski definition) is 3. The predicted octanol–water partition coefficient (Wildman–Crippen LogP) is 3.41. The molecule has 4 heteroatoms. The molecule has 2 N–H and O–H groups in total. The van der Waals surface area contributed by atoms with E-state index >= 15 is 0 Å². The summed E-state index contributed by atoms with van der Waals surface area (Å²) in [6, 6.07) is 4.11. The summed E-state index contributed by atoms with van der Waals surface area (Å²) >= 11 is 3.34. The molecule has 0 amide bonds. The van der Waals surface area contributed by atoms with Gasteiger partial charge in [0.05, 0.1) is 6.04 Å². The van der Waals surface area contributed by atoms with Gasteiger partial charge in [-0.1, -0.05) is 27.2 Å². The van der Waals surface area contributed by atoms with Crippen molar-refractivity contribution in [3.8, 4) is 0 Å². The van der Waals surface area contributed by atoms with Gasteiger partial charge in [0, 0.05) is 13.1 Å². The quantitative estimate of drug-likeness (QED) is 0.839. The van der Waals surface area contributed by atoms with Crippen LogP contribution in [0.15, 0.2) is 21.2 Å². The van der Waals surface area contributed by atoms with Gasteiger partial charge in [0.15, 0.2) is 4.67 Å². The molecular weight excluding hydrogens is 280 g/mol. The molecule has 17 heavy (non-hydrogen) atoms. The molecule has 0 aromatic carbocycles. The molecule has 0 aliphatic rings. The zero-order chi connectivity index (χ0) is 12.8. The van der Waals surface area contributed by atoms with Crippen molar-refractivity contribution >= 4 is 15.9 Å². The normalized spacial score (nSPS) is 15.2. The second kappa shape index (κ2) is 7.19. The predicted molar refractivity (Wildman–Crippen MR) is 74.9 cm³/mol. The van der Waals surface area contributed by atoms with Crippen LogP contribution in [-0.2, 0) is 0 Å². The van der Waals surface area contributed by atoms with Gasteiger partial charge in [-0.2, -0.15) is 0 Å². The number of nitrogens with zero attached hydrogens (tertiary/aromatic N) is 1. The minimum absolute atomic E-state index is 0.181. The fraction of sp³-hybridized carbons (Fsp3) is 0.692. The van der Waals surface area contributed by atoms with Crippen molar-refractivity contribution in [2.45, 2.75) is 33.2 Å². The van der Waals surface area contributed by atoms with Gasteiger partial charge >= 0.3 is 0 Å². The summed E-state index contributed by atoms with van der Waals surface area (Å²) in [5.41, 5.74) is 5.89. The van der Waals surface area contributed by atoms with Crippen molar-refractivity contribution in [3.05, 3.63) is 22.6 Å². The van der Waals surface area contributed by atoms with Crippen LogP contribution in [0.4, 0.5) is 0 Å². The molecule has 0 fully saturated rings. The Balaban J connectivity index is 2.76. The number of rotatable bonds is 7. The number of nitrogens with two attached hydrogens (primary N) is 1. The molecule has 0 aliphatic carbocycles. The second-order valence-corrected chi connectivity index (χ2v) is 5.28. The lowest BCUT2D eigenvalue weighted by atomic mass is 10.1. The highest BCUT2D eigenvalue weighted by atomic mass is 79.9. The van der Waals surface area contributed by atoms with Gasteiger partial charge in [0.25, 0.3) is 0 Å². The zero-order valence-corrected chi connectivity index (χ0v) is 12.5. The maximum Gasteiger partial charge on any atom is 0.169 e. The van der Waals surface area contributed by atoms with E-state index in [-0.39, 0.29) is 6.04 Å². The third kappa shape index (κ3) is 4.12. The molecule has 3 nitrogen and oxygen atoms in total. The SMILES string of the molecule is CCC(C)CN(CC)C(CN)c1ccc(Br)o1. The molecule has 2 atom stereocenters. The molecule has 1 rings (SSSR count). The molecule has 1 aromatic rings. The van der Waals surface area contributed by atoms with E-state index in [9.17, 15) is 0 Å². The summed E-state index contributed by atoms with van der Waals surface area (Å²) in [7, 11) is 0. The molecule has 0 bridgehead atoms. The van der Waals surface area contributed by atoms with Crippen molar-refractivity contribution in [2.75, 3.05) is 19.6 Å². The van der Waals surface area contributed by atoms with Crippen LogP contribution in [-0.4, -0.2) is 24.5 Å². The summed E-state index contributed by atoms with van der Waals surface area (Å²) in [5, 5.41) is 0. The Hall–Kier alpha value is -0.320. The Bertz CT molecular complexity index is 327. The molecular formula is C13H23BrN2O. The molecule has 0 saturated heterocycles. The highest BCUT2D eigenvalue weighted by Gasteiger charge is 2.21. The number of halogens is 1. The van der Waals surface area contributed by atoms with Crippen LogP contribution >= 0.6 is 15.9 Å². The van der Waals surface area contributed by atoms with Crippen LogP contribution in [0.3, 0.4) is 0 Å². The van der Waals surface area contributed by atoms with Crippen molar-refractivity contribution < 1.29 is 4.42 Å². The largest absolute Gasteiger partial charge is 0.453 e. The van der Waals surface area contributed by atoms with Gasteiger partial charge in [-0.25, -0.2) is 0 Å². The smallest absolute Gasteiger partial charge is 0.169 e. The van der Waals surface area contributed by atoms with E-state index in [2.05, 4.69) is 41.6 Å². The lowest BCUT2D eigenvalue weighted by molar-refractivity contribution is 0.162. The Morgan fingerprint density at radius 1 is 1.41 bits per heavy atom. The minimum Gasteiger partial charge on any atom is -0.453 e. The molecule has 0 aliphatic heterocycles. The maximum atomic E-state index is 5.89. The summed E-state index contributed by atoms with van der Waals surface area (Å²) in [6.07, 6.45) is 1.19. The second-order valence-electron chi connectivity index (χ2n) is 4.49. The lowest BCUT2D eigenvalue weighted by Gasteiger charge is -2.30. The number of furan rings is 1. The molecule has 2 unspecified atom stereocenters. The Morgan fingerprint density at radius 3 is 2.53 bits per heavy atom. The summed E-state index contributed by atoms with van der Waals surface area (Å²) in [4.78, 5) is 2.39.